The van der Waals surface area contributed by atoms with E-state index < -0.39 is 0 Å². The SMILES string of the molecule is CC.CC.CC.CN1CCC(C2CCNCC2)CC1. The molecular formula is C17H40N2. The third-order valence-corrected chi connectivity index (χ3v) is 3.81. The molecular weight excluding hydrogens is 232 g/mol. The zero-order valence-corrected chi connectivity index (χ0v) is 14.8. The van der Waals surface area contributed by atoms with Gasteiger partial charge in [0.15, 0.2) is 0 Å². The summed E-state index contributed by atoms with van der Waals surface area (Å²) in [6.07, 6.45) is 5.74. The van der Waals surface area contributed by atoms with Crippen molar-refractivity contribution in [2.24, 2.45) is 11.8 Å². The summed E-state index contributed by atoms with van der Waals surface area (Å²) in [5, 5.41) is 3.45. The molecule has 0 amide bonds. The second-order valence-electron chi connectivity index (χ2n) is 4.73. The summed E-state index contributed by atoms with van der Waals surface area (Å²) < 4.78 is 0. The van der Waals surface area contributed by atoms with Crippen LogP contribution in [0.15, 0.2) is 0 Å². The Hall–Kier alpha value is -0.0800. The average Bonchev–Trinajstić information content (AvgIpc) is 2.55. The monoisotopic (exact) mass is 272 g/mol. The molecule has 2 heteroatoms. The van der Waals surface area contributed by atoms with Crippen molar-refractivity contribution in [3.8, 4) is 0 Å². The molecule has 2 aliphatic heterocycles. The quantitative estimate of drug-likeness (QED) is 0.761. The molecule has 2 heterocycles. The minimum absolute atomic E-state index is 1.04. The average molecular weight is 273 g/mol. The number of rotatable bonds is 1. The summed E-state index contributed by atoms with van der Waals surface area (Å²) in [5.74, 6) is 2.08. The lowest BCUT2D eigenvalue weighted by Gasteiger charge is -2.36. The molecule has 0 aromatic heterocycles. The summed E-state index contributed by atoms with van der Waals surface area (Å²) >= 11 is 0. The van der Waals surface area contributed by atoms with Crippen LogP contribution in [0.3, 0.4) is 0 Å². The lowest BCUT2D eigenvalue weighted by atomic mass is 9.79. The maximum absolute atomic E-state index is 3.45. The van der Waals surface area contributed by atoms with Crippen LogP contribution in [-0.2, 0) is 0 Å². The van der Waals surface area contributed by atoms with E-state index in [9.17, 15) is 0 Å². The van der Waals surface area contributed by atoms with Gasteiger partial charge in [-0.15, -0.1) is 0 Å². The zero-order chi connectivity index (χ0) is 15.1. The van der Waals surface area contributed by atoms with Gasteiger partial charge in [-0.25, -0.2) is 0 Å². The first-order chi connectivity index (χ1) is 9.36. The van der Waals surface area contributed by atoms with Gasteiger partial charge in [0.1, 0.15) is 0 Å². The van der Waals surface area contributed by atoms with Gasteiger partial charge >= 0.3 is 0 Å². The Morgan fingerprint density at radius 2 is 1.05 bits per heavy atom. The van der Waals surface area contributed by atoms with E-state index >= 15 is 0 Å². The Bertz CT molecular complexity index is 145. The highest BCUT2D eigenvalue weighted by Crippen LogP contribution is 2.30. The standard InChI is InChI=1S/C11H22N2.3C2H6/c1-13-8-4-11(5-9-13)10-2-6-12-7-3-10;3*1-2/h10-12H,2-9H2,1H3;3*1-2H3. The van der Waals surface area contributed by atoms with Crippen molar-refractivity contribution in [2.45, 2.75) is 67.2 Å². The topological polar surface area (TPSA) is 15.3 Å². The Labute approximate surface area is 123 Å². The first kappa shape index (κ1) is 21.2. The predicted octanol–water partition coefficient (Wildman–Crippen LogP) is 4.41. The number of likely N-dealkylation sites (tertiary alicyclic amines) is 1. The molecule has 0 saturated carbocycles. The van der Waals surface area contributed by atoms with Gasteiger partial charge in [0, 0.05) is 0 Å². The third kappa shape index (κ3) is 9.45. The lowest BCUT2D eigenvalue weighted by Crippen LogP contribution is -2.37. The van der Waals surface area contributed by atoms with Gasteiger partial charge in [0.2, 0.25) is 0 Å². The molecule has 0 radical (unpaired) electrons. The number of nitrogens with zero attached hydrogens (tertiary/aromatic N) is 1. The van der Waals surface area contributed by atoms with Crippen LogP contribution >= 0.6 is 0 Å². The van der Waals surface area contributed by atoms with Crippen LogP contribution in [-0.4, -0.2) is 38.1 Å². The number of piperidine rings is 2. The number of hydrogen-bond donors (Lipinski definition) is 1. The smallest absolute Gasteiger partial charge is 0.00190 e. The van der Waals surface area contributed by atoms with E-state index in [1.165, 1.54) is 51.9 Å². The van der Waals surface area contributed by atoms with Crippen molar-refractivity contribution < 1.29 is 0 Å². The maximum Gasteiger partial charge on any atom is -0.00190 e. The second kappa shape index (κ2) is 16.0. The van der Waals surface area contributed by atoms with Crippen LogP contribution in [0.5, 0.6) is 0 Å². The molecule has 0 bridgehead atoms. The fourth-order valence-corrected chi connectivity index (χ4v) is 2.82. The molecule has 2 saturated heterocycles. The first-order valence-corrected chi connectivity index (χ1v) is 8.75. The van der Waals surface area contributed by atoms with Crippen LogP contribution in [0.1, 0.15) is 67.2 Å². The van der Waals surface area contributed by atoms with E-state index in [0.717, 1.165) is 11.8 Å². The Morgan fingerprint density at radius 1 is 0.684 bits per heavy atom. The Kier molecular flexibility index (Phi) is 17.8. The molecule has 19 heavy (non-hydrogen) atoms. The third-order valence-electron chi connectivity index (χ3n) is 3.81. The summed E-state index contributed by atoms with van der Waals surface area (Å²) in [6, 6.07) is 0. The Balaban J connectivity index is 0. The molecule has 2 nitrogen and oxygen atoms in total. The molecule has 2 rings (SSSR count). The van der Waals surface area contributed by atoms with Crippen LogP contribution in [0.2, 0.25) is 0 Å². The van der Waals surface area contributed by atoms with Gasteiger partial charge in [-0.1, -0.05) is 41.5 Å². The maximum atomic E-state index is 3.45. The van der Waals surface area contributed by atoms with Gasteiger partial charge in [0.05, 0.1) is 0 Å². The molecule has 2 fully saturated rings. The molecule has 0 unspecified atom stereocenters. The van der Waals surface area contributed by atoms with Crippen molar-refractivity contribution in [3.63, 3.8) is 0 Å². The molecule has 1 N–H and O–H groups in total. The van der Waals surface area contributed by atoms with E-state index in [1.807, 2.05) is 41.5 Å². The minimum Gasteiger partial charge on any atom is -0.317 e. The van der Waals surface area contributed by atoms with E-state index in [1.54, 1.807) is 0 Å². The zero-order valence-electron chi connectivity index (χ0n) is 14.8. The van der Waals surface area contributed by atoms with Crippen LogP contribution in [0.25, 0.3) is 0 Å². The van der Waals surface area contributed by atoms with Crippen LogP contribution in [0.4, 0.5) is 0 Å². The van der Waals surface area contributed by atoms with Crippen LogP contribution in [0, 0.1) is 11.8 Å². The van der Waals surface area contributed by atoms with Crippen molar-refractivity contribution in [1.29, 1.82) is 0 Å². The van der Waals surface area contributed by atoms with Gasteiger partial charge in [-0.05, 0) is 70.7 Å². The summed E-state index contributed by atoms with van der Waals surface area (Å²) in [7, 11) is 2.25. The highest BCUT2D eigenvalue weighted by atomic mass is 15.1. The van der Waals surface area contributed by atoms with Crippen molar-refractivity contribution in [2.75, 3.05) is 33.2 Å². The van der Waals surface area contributed by atoms with E-state index in [2.05, 4.69) is 17.3 Å². The normalized spacial score (nSPS) is 21.0. The number of hydrogen-bond acceptors (Lipinski definition) is 2. The van der Waals surface area contributed by atoms with Gasteiger partial charge in [0.25, 0.3) is 0 Å². The van der Waals surface area contributed by atoms with Gasteiger partial charge < -0.3 is 10.2 Å². The fourth-order valence-electron chi connectivity index (χ4n) is 2.82. The lowest BCUT2D eigenvalue weighted by molar-refractivity contribution is 0.149. The van der Waals surface area contributed by atoms with E-state index in [4.69, 9.17) is 0 Å². The summed E-state index contributed by atoms with van der Waals surface area (Å²) in [6.45, 7) is 17.2. The van der Waals surface area contributed by atoms with Crippen molar-refractivity contribution >= 4 is 0 Å². The predicted molar refractivity (Wildman–Crippen MR) is 89.9 cm³/mol. The molecule has 0 spiro atoms. The summed E-state index contributed by atoms with van der Waals surface area (Å²) in [5.41, 5.74) is 0. The highest BCUT2D eigenvalue weighted by molar-refractivity contribution is 4.79. The number of nitrogens with one attached hydrogen (secondary N) is 1. The second-order valence-corrected chi connectivity index (χ2v) is 4.73. The van der Waals surface area contributed by atoms with E-state index in [0.29, 0.717) is 0 Å². The van der Waals surface area contributed by atoms with Crippen molar-refractivity contribution in [1.82, 2.24) is 10.2 Å². The largest absolute Gasteiger partial charge is 0.317 e. The summed E-state index contributed by atoms with van der Waals surface area (Å²) in [4.78, 5) is 2.47. The molecule has 0 aromatic rings. The molecule has 0 aromatic carbocycles. The molecule has 2 aliphatic rings. The molecule has 118 valence electrons. The fraction of sp³-hybridized carbons (Fsp3) is 1.00. The van der Waals surface area contributed by atoms with Gasteiger partial charge in [-0.3, -0.25) is 0 Å². The first-order valence-electron chi connectivity index (χ1n) is 8.75. The molecule has 0 atom stereocenters. The Morgan fingerprint density at radius 3 is 1.47 bits per heavy atom. The molecule has 0 aliphatic carbocycles. The minimum atomic E-state index is 1.04. The highest BCUT2D eigenvalue weighted by Gasteiger charge is 2.26. The van der Waals surface area contributed by atoms with E-state index in [-0.39, 0.29) is 0 Å². The van der Waals surface area contributed by atoms with Gasteiger partial charge in [-0.2, -0.15) is 0 Å². The van der Waals surface area contributed by atoms with Crippen LogP contribution < -0.4 is 5.32 Å². The van der Waals surface area contributed by atoms with Crippen molar-refractivity contribution in [3.05, 3.63) is 0 Å².